The highest BCUT2D eigenvalue weighted by Gasteiger charge is 2.12. The van der Waals surface area contributed by atoms with Crippen molar-refractivity contribution in [2.24, 2.45) is 0 Å². The predicted octanol–water partition coefficient (Wildman–Crippen LogP) is 1.47. The summed E-state index contributed by atoms with van der Waals surface area (Å²) >= 11 is 0. The van der Waals surface area contributed by atoms with Gasteiger partial charge in [0.2, 0.25) is 5.95 Å². The Bertz CT molecular complexity index is 595. The molecule has 0 atom stereocenters. The molecule has 0 spiro atoms. The summed E-state index contributed by atoms with van der Waals surface area (Å²) in [6.07, 6.45) is 0.872. The van der Waals surface area contributed by atoms with Crippen LogP contribution >= 0.6 is 0 Å². The Morgan fingerprint density at radius 2 is 1.74 bits per heavy atom. The van der Waals surface area contributed by atoms with Crippen LogP contribution < -0.4 is 20.9 Å². The summed E-state index contributed by atoms with van der Waals surface area (Å²) in [5.74, 6) is 1.96. The molecule has 6 nitrogen and oxygen atoms in total. The van der Waals surface area contributed by atoms with E-state index in [2.05, 4.69) is 9.97 Å². The fourth-order valence-electron chi connectivity index (χ4n) is 1.96. The lowest BCUT2D eigenvalue weighted by Gasteiger charge is -2.09. The summed E-state index contributed by atoms with van der Waals surface area (Å²) in [6.45, 7) is 1.31. The van der Waals surface area contributed by atoms with Gasteiger partial charge in [0.1, 0.15) is 5.82 Å². The van der Waals surface area contributed by atoms with E-state index >= 15 is 0 Å². The molecule has 4 N–H and O–H groups in total. The Morgan fingerprint density at radius 1 is 0.947 bits per heavy atom. The quantitative estimate of drug-likeness (QED) is 0.804. The van der Waals surface area contributed by atoms with Gasteiger partial charge in [-0.2, -0.15) is 4.98 Å². The molecule has 1 aliphatic heterocycles. The topological polar surface area (TPSA) is 96.3 Å². The highest BCUT2D eigenvalue weighted by Crippen LogP contribution is 2.33. The Labute approximate surface area is 110 Å². The second-order valence-electron chi connectivity index (χ2n) is 4.25. The van der Waals surface area contributed by atoms with Gasteiger partial charge in [0.15, 0.2) is 11.5 Å². The Balaban J connectivity index is 2.03. The van der Waals surface area contributed by atoms with Gasteiger partial charge in [-0.25, -0.2) is 4.98 Å². The van der Waals surface area contributed by atoms with Crippen molar-refractivity contribution in [2.45, 2.75) is 6.42 Å². The normalized spacial score (nSPS) is 13.9. The van der Waals surface area contributed by atoms with E-state index in [-0.39, 0.29) is 5.95 Å². The molecule has 0 saturated heterocycles. The molecule has 0 bridgehead atoms. The zero-order valence-electron chi connectivity index (χ0n) is 10.3. The van der Waals surface area contributed by atoms with Crippen molar-refractivity contribution in [1.82, 2.24) is 9.97 Å². The van der Waals surface area contributed by atoms with E-state index in [0.29, 0.717) is 30.5 Å². The van der Waals surface area contributed by atoms with E-state index in [9.17, 15) is 0 Å². The van der Waals surface area contributed by atoms with Crippen LogP contribution in [0.2, 0.25) is 0 Å². The van der Waals surface area contributed by atoms with Crippen molar-refractivity contribution < 1.29 is 9.47 Å². The van der Waals surface area contributed by atoms with Gasteiger partial charge in [0.05, 0.1) is 18.9 Å². The highest BCUT2D eigenvalue weighted by atomic mass is 16.5. The van der Waals surface area contributed by atoms with Gasteiger partial charge in [0.25, 0.3) is 0 Å². The molecule has 2 aromatic rings. The molecule has 0 saturated carbocycles. The lowest BCUT2D eigenvalue weighted by atomic mass is 10.1. The van der Waals surface area contributed by atoms with Crippen molar-refractivity contribution in [1.29, 1.82) is 0 Å². The van der Waals surface area contributed by atoms with E-state index in [4.69, 9.17) is 20.9 Å². The molecule has 0 fully saturated rings. The van der Waals surface area contributed by atoms with Crippen LogP contribution in [0.4, 0.5) is 11.8 Å². The molecular formula is C13H14N4O2. The number of nitrogen functional groups attached to an aromatic ring is 2. The minimum absolute atomic E-state index is 0.155. The van der Waals surface area contributed by atoms with Crippen LogP contribution in [0.15, 0.2) is 24.3 Å². The number of rotatable bonds is 1. The molecule has 1 aromatic carbocycles. The standard InChI is InChI=1S/C13H14N4O2/c14-12-7-9(16-13(15)17-12)8-2-3-10-11(6-8)19-5-1-4-18-10/h2-3,6-7H,1,4-5H2,(H4,14,15,16,17). The van der Waals surface area contributed by atoms with Gasteiger partial charge in [-0.15, -0.1) is 0 Å². The Kier molecular flexibility index (Phi) is 2.83. The molecule has 0 aliphatic carbocycles. The second-order valence-corrected chi connectivity index (χ2v) is 4.25. The fourth-order valence-corrected chi connectivity index (χ4v) is 1.96. The number of fused-ring (bicyclic) bond motifs is 1. The molecule has 98 valence electrons. The van der Waals surface area contributed by atoms with Crippen LogP contribution in [-0.4, -0.2) is 23.2 Å². The van der Waals surface area contributed by atoms with Gasteiger partial charge >= 0.3 is 0 Å². The number of aromatic nitrogens is 2. The lowest BCUT2D eigenvalue weighted by molar-refractivity contribution is 0.297. The zero-order valence-corrected chi connectivity index (χ0v) is 10.3. The van der Waals surface area contributed by atoms with E-state index in [0.717, 1.165) is 17.7 Å². The maximum atomic E-state index is 5.67. The fraction of sp³-hybridized carbons (Fsp3) is 0.231. The van der Waals surface area contributed by atoms with Gasteiger partial charge < -0.3 is 20.9 Å². The predicted molar refractivity (Wildman–Crippen MR) is 71.9 cm³/mol. The molecule has 0 amide bonds. The number of ether oxygens (including phenoxy) is 2. The minimum atomic E-state index is 0.155. The first-order valence-electron chi connectivity index (χ1n) is 6.02. The van der Waals surface area contributed by atoms with Crippen LogP contribution in [-0.2, 0) is 0 Å². The summed E-state index contributed by atoms with van der Waals surface area (Å²) < 4.78 is 11.2. The Hall–Kier alpha value is -2.50. The summed E-state index contributed by atoms with van der Waals surface area (Å²) in [5, 5.41) is 0. The molecule has 0 unspecified atom stereocenters. The highest BCUT2D eigenvalue weighted by molar-refractivity contribution is 5.66. The maximum absolute atomic E-state index is 5.67. The SMILES string of the molecule is Nc1cc(-c2ccc3c(c2)OCCCO3)nc(N)n1. The van der Waals surface area contributed by atoms with Crippen molar-refractivity contribution >= 4 is 11.8 Å². The Morgan fingerprint density at radius 3 is 2.53 bits per heavy atom. The number of nitrogens with zero attached hydrogens (tertiary/aromatic N) is 2. The van der Waals surface area contributed by atoms with Crippen LogP contribution in [0.25, 0.3) is 11.3 Å². The third kappa shape index (κ3) is 2.37. The van der Waals surface area contributed by atoms with E-state index in [1.165, 1.54) is 0 Å². The van der Waals surface area contributed by atoms with Gasteiger partial charge in [-0.3, -0.25) is 0 Å². The van der Waals surface area contributed by atoms with Crippen LogP contribution in [0, 0.1) is 0 Å². The van der Waals surface area contributed by atoms with E-state index < -0.39 is 0 Å². The average molecular weight is 258 g/mol. The van der Waals surface area contributed by atoms with Crippen molar-refractivity contribution in [2.75, 3.05) is 24.7 Å². The number of hydrogen-bond donors (Lipinski definition) is 2. The first kappa shape index (κ1) is 11.6. The lowest BCUT2D eigenvalue weighted by Crippen LogP contribution is -2.00. The molecular weight excluding hydrogens is 244 g/mol. The maximum Gasteiger partial charge on any atom is 0.222 e. The van der Waals surface area contributed by atoms with E-state index in [1.807, 2.05) is 18.2 Å². The third-order valence-corrected chi connectivity index (χ3v) is 2.81. The second kappa shape index (κ2) is 4.64. The summed E-state index contributed by atoms with van der Waals surface area (Å²) in [4.78, 5) is 8.02. The molecule has 19 heavy (non-hydrogen) atoms. The molecule has 1 aliphatic rings. The first-order valence-corrected chi connectivity index (χ1v) is 6.02. The summed E-state index contributed by atoms with van der Waals surface area (Å²) in [5.41, 5.74) is 12.8. The van der Waals surface area contributed by atoms with Crippen molar-refractivity contribution in [3.63, 3.8) is 0 Å². The molecule has 1 aromatic heterocycles. The minimum Gasteiger partial charge on any atom is -0.490 e. The summed E-state index contributed by atoms with van der Waals surface area (Å²) in [6, 6.07) is 7.32. The average Bonchev–Trinajstić information content (AvgIpc) is 2.61. The third-order valence-electron chi connectivity index (χ3n) is 2.81. The van der Waals surface area contributed by atoms with Crippen molar-refractivity contribution in [3.05, 3.63) is 24.3 Å². The van der Waals surface area contributed by atoms with E-state index in [1.54, 1.807) is 6.07 Å². The molecule has 6 heteroatoms. The van der Waals surface area contributed by atoms with Crippen LogP contribution in [0.1, 0.15) is 6.42 Å². The molecule has 0 radical (unpaired) electrons. The molecule has 3 rings (SSSR count). The monoisotopic (exact) mass is 258 g/mol. The largest absolute Gasteiger partial charge is 0.490 e. The summed E-state index contributed by atoms with van der Waals surface area (Å²) in [7, 11) is 0. The smallest absolute Gasteiger partial charge is 0.222 e. The number of benzene rings is 1. The first-order chi connectivity index (χ1) is 9.22. The number of hydrogen-bond acceptors (Lipinski definition) is 6. The van der Waals surface area contributed by atoms with Crippen LogP contribution in [0.3, 0.4) is 0 Å². The van der Waals surface area contributed by atoms with Gasteiger partial charge in [-0.1, -0.05) is 0 Å². The number of nitrogens with two attached hydrogens (primary N) is 2. The van der Waals surface area contributed by atoms with Gasteiger partial charge in [0, 0.05) is 18.1 Å². The zero-order chi connectivity index (χ0) is 13.2. The van der Waals surface area contributed by atoms with Gasteiger partial charge in [-0.05, 0) is 18.2 Å². The van der Waals surface area contributed by atoms with Crippen LogP contribution in [0.5, 0.6) is 11.5 Å². The molecule has 2 heterocycles. The number of anilines is 2. The van der Waals surface area contributed by atoms with Crippen molar-refractivity contribution in [3.8, 4) is 22.8 Å².